The highest BCUT2D eigenvalue weighted by Crippen LogP contribution is 2.33. The minimum atomic E-state index is 0.155. The van der Waals surface area contributed by atoms with Crippen molar-refractivity contribution in [2.45, 2.75) is 12.8 Å². The molecule has 0 radical (unpaired) electrons. The molecule has 3 aromatic carbocycles. The van der Waals surface area contributed by atoms with E-state index in [1.54, 1.807) is 18.6 Å². The van der Waals surface area contributed by atoms with Gasteiger partial charge in [-0.2, -0.15) is 0 Å². The molecule has 5 aromatic rings. The van der Waals surface area contributed by atoms with Gasteiger partial charge >= 0.3 is 0 Å². The first-order chi connectivity index (χ1) is 20.2. The van der Waals surface area contributed by atoms with Crippen molar-refractivity contribution in [2.24, 2.45) is 0 Å². The van der Waals surface area contributed by atoms with Gasteiger partial charge < -0.3 is 19.3 Å². The Bertz CT molecular complexity index is 1700. The van der Waals surface area contributed by atoms with E-state index in [2.05, 4.69) is 49.0 Å². The number of Topliss-reactive ketones (excluding diaryl/α,β-unsaturated/α-hetero) is 1. The third-order valence-electron chi connectivity index (χ3n) is 7.53. The van der Waals surface area contributed by atoms with E-state index in [4.69, 9.17) is 14.5 Å². The minimum Gasteiger partial charge on any atom is -0.454 e. The second kappa shape index (κ2) is 10.8. The van der Waals surface area contributed by atoms with E-state index in [9.17, 15) is 4.79 Å². The van der Waals surface area contributed by atoms with Gasteiger partial charge in [0.2, 0.25) is 6.79 Å². The van der Waals surface area contributed by atoms with Crippen molar-refractivity contribution in [2.75, 3.05) is 42.8 Å². The molecule has 9 nitrogen and oxygen atoms in total. The normalized spacial score (nSPS) is 14.4. The van der Waals surface area contributed by atoms with Gasteiger partial charge in [-0.25, -0.2) is 9.97 Å². The van der Waals surface area contributed by atoms with Gasteiger partial charge in [-0.1, -0.05) is 36.4 Å². The molecule has 0 spiro atoms. The summed E-state index contributed by atoms with van der Waals surface area (Å²) in [6, 6.07) is 20.0. The summed E-state index contributed by atoms with van der Waals surface area (Å²) in [4.78, 5) is 35.5. The van der Waals surface area contributed by atoms with Crippen LogP contribution in [0.3, 0.4) is 0 Å². The Morgan fingerprint density at radius 1 is 0.683 bits per heavy atom. The van der Waals surface area contributed by atoms with Crippen LogP contribution in [-0.2, 0) is 17.6 Å². The van der Waals surface area contributed by atoms with Crippen molar-refractivity contribution in [1.29, 1.82) is 0 Å². The van der Waals surface area contributed by atoms with Crippen LogP contribution < -0.4 is 19.3 Å². The number of rotatable bonds is 7. The Hall–Kier alpha value is -5.05. The molecule has 9 heteroatoms. The molecule has 2 aromatic heterocycles. The second-order valence-electron chi connectivity index (χ2n) is 10.2. The summed E-state index contributed by atoms with van der Waals surface area (Å²) in [5.41, 5.74) is 5.78. The van der Waals surface area contributed by atoms with E-state index in [1.165, 1.54) is 0 Å². The molecule has 7 rings (SSSR count). The van der Waals surface area contributed by atoms with Crippen LogP contribution in [0.15, 0.2) is 85.5 Å². The highest BCUT2D eigenvalue weighted by molar-refractivity contribution is 5.84. The number of nitrogens with zero attached hydrogens (tertiary/aromatic N) is 6. The summed E-state index contributed by atoms with van der Waals surface area (Å²) in [6.07, 6.45) is 7.82. The van der Waals surface area contributed by atoms with Crippen LogP contribution >= 0.6 is 0 Å². The number of aromatic nitrogens is 4. The van der Waals surface area contributed by atoms with Crippen LogP contribution in [0.4, 0.5) is 11.6 Å². The Kier molecular flexibility index (Phi) is 6.60. The monoisotopic (exact) mass is 544 g/mol. The molecule has 0 N–H and O–H groups in total. The zero-order chi connectivity index (χ0) is 27.6. The molecule has 4 heterocycles. The third kappa shape index (κ3) is 5.38. The lowest BCUT2D eigenvalue weighted by molar-refractivity contribution is -0.117. The van der Waals surface area contributed by atoms with Crippen molar-refractivity contribution < 1.29 is 14.3 Å². The molecule has 0 unspecified atom stereocenters. The molecule has 2 aliphatic rings. The predicted octanol–water partition coefficient (Wildman–Crippen LogP) is 4.50. The maximum absolute atomic E-state index is 12.7. The number of fused-ring (bicyclic) bond motifs is 2. The van der Waals surface area contributed by atoms with Crippen molar-refractivity contribution in [3.63, 3.8) is 0 Å². The maximum atomic E-state index is 12.7. The molecule has 0 bridgehead atoms. The lowest BCUT2D eigenvalue weighted by Crippen LogP contribution is -2.47. The fourth-order valence-electron chi connectivity index (χ4n) is 5.34. The first-order valence-corrected chi connectivity index (χ1v) is 13.7. The number of ketones is 1. The van der Waals surface area contributed by atoms with Crippen molar-refractivity contribution >= 4 is 28.5 Å². The molecular weight excluding hydrogens is 516 g/mol. The van der Waals surface area contributed by atoms with Crippen molar-refractivity contribution in [3.05, 3.63) is 96.6 Å². The van der Waals surface area contributed by atoms with E-state index >= 15 is 0 Å². The average Bonchev–Trinajstić information content (AvgIpc) is 3.49. The number of hydrogen-bond acceptors (Lipinski definition) is 9. The molecule has 0 atom stereocenters. The van der Waals surface area contributed by atoms with E-state index in [0.29, 0.717) is 18.6 Å². The standard InChI is InChI=1S/C32H28N6O3/c39-26(16-23-3-8-29-30(17-23)41-21-40-29)15-22-1-4-24(5-2-22)25-6-7-27-28(18-25)36-32(20-35-27)38-13-11-37(12-14-38)31-19-33-9-10-34-31/h1-10,17-20H,11-16,21H2. The number of ether oxygens (including phenoxy) is 2. The SMILES string of the molecule is O=C(Cc1ccc(-c2ccc3ncc(N4CCN(c5cnccn5)CC4)nc3c2)cc1)Cc1ccc2c(c1)OCO2. The lowest BCUT2D eigenvalue weighted by Gasteiger charge is -2.35. The van der Waals surface area contributed by atoms with Gasteiger partial charge in [-0.3, -0.25) is 14.8 Å². The zero-order valence-corrected chi connectivity index (χ0v) is 22.4. The topological polar surface area (TPSA) is 93.6 Å². The van der Waals surface area contributed by atoms with Crippen LogP contribution in [0, 0.1) is 0 Å². The number of piperazine rings is 1. The largest absolute Gasteiger partial charge is 0.454 e. The van der Waals surface area contributed by atoms with Crippen LogP contribution in [0.5, 0.6) is 11.5 Å². The molecule has 0 amide bonds. The summed E-state index contributed by atoms with van der Waals surface area (Å²) in [5.74, 6) is 3.37. The van der Waals surface area contributed by atoms with Gasteiger partial charge in [0.25, 0.3) is 0 Å². The van der Waals surface area contributed by atoms with Crippen LogP contribution in [0.25, 0.3) is 22.2 Å². The Morgan fingerprint density at radius 2 is 1.41 bits per heavy atom. The number of carbonyl (C=O) groups is 1. The maximum Gasteiger partial charge on any atom is 0.231 e. The lowest BCUT2D eigenvalue weighted by atomic mass is 9.99. The van der Waals surface area contributed by atoms with Gasteiger partial charge in [-0.15, -0.1) is 0 Å². The predicted molar refractivity (Wildman–Crippen MR) is 156 cm³/mol. The van der Waals surface area contributed by atoms with Gasteiger partial charge in [0.15, 0.2) is 11.5 Å². The first kappa shape index (κ1) is 25.0. The second-order valence-corrected chi connectivity index (χ2v) is 10.2. The number of anilines is 2. The molecule has 41 heavy (non-hydrogen) atoms. The van der Waals surface area contributed by atoms with Gasteiger partial charge in [0, 0.05) is 51.4 Å². The Labute approximate surface area is 237 Å². The molecule has 0 saturated carbocycles. The molecule has 2 aliphatic heterocycles. The summed E-state index contributed by atoms with van der Waals surface area (Å²) >= 11 is 0. The van der Waals surface area contributed by atoms with Crippen molar-refractivity contribution in [1.82, 2.24) is 19.9 Å². The summed E-state index contributed by atoms with van der Waals surface area (Å²) in [5, 5.41) is 0. The van der Waals surface area contributed by atoms with Crippen LogP contribution in [0.1, 0.15) is 11.1 Å². The molecule has 204 valence electrons. The zero-order valence-electron chi connectivity index (χ0n) is 22.4. The van der Waals surface area contributed by atoms with Crippen molar-refractivity contribution in [3.8, 4) is 22.6 Å². The molecular formula is C32H28N6O3. The molecule has 1 saturated heterocycles. The Balaban J connectivity index is 1.01. The fourth-order valence-corrected chi connectivity index (χ4v) is 5.34. The third-order valence-corrected chi connectivity index (χ3v) is 7.53. The summed E-state index contributed by atoms with van der Waals surface area (Å²) in [6.45, 7) is 3.61. The van der Waals surface area contributed by atoms with E-state index < -0.39 is 0 Å². The highest BCUT2D eigenvalue weighted by Gasteiger charge is 2.20. The summed E-state index contributed by atoms with van der Waals surface area (Å²) in [7, 11) is 0. The highest BCUT2D eigenvalue weighted by atomic mass is 16.7. The Morgan fingerprint density at radius 3 is 2.22 bits per heavy atom. The average molecular weight is 545 g/mol. The number of carbonyl (C=O) groups excluding carboxylic acids is 1. The van der Waals surface area contributed by atoms with Gasteiger partial charge in [0.1, 0.15) is 17.4 Å². The van der Waals surface area contributed by atoms with E-state index in [0.717, 1.165) is 76.9 Å². The van der Waals surface area contributed by atoms with E-state index in [1.807, 2.05) is 42.6 Å². The van der Waals surface area contributed by atoms with E-state index in [-0.39, 0.29) is 12.6 Å². The van der Waals surface area contributed by atoms with Crippen LogP contribution in [0.2, 0.25) is 0 Å². The van der Waals surface area contributed by atoms with Gasteiger partial charge in [-0.05, 0) is 46.5 Å². The quantitative estimate of drug-likeness (QED) is 0.294. The van der Waals surface area contributed by atoms with Crippen LogP contribution in [-0.4, -0.2) is 58.7 Å². The summed E-state index contributed by atoms with van der Waals surface area (Å²) < 4.78 is 10.8. The smallest absolute Gasteiger partial charge is 0.231 e. The minimum absolute atomic E-state index is 0.155. The molecule has 1 fully saturated rings. The number of benzene rings is 3. The van der Waals surface area contributed by atoms with Gasteiger partial charge in [0.05, 0.1) is 23.4 Å². The molecule has 0 aliphatic carbocycles. The first-order valence-electron chi connectivity index (χ1n) is 13.7. The number of hydrogen-bond donors (Lipinski definition) is 0. The fraction of sp³-hybridized carbons (Fsp3) is 0.219.